The molecule has 0 aromatic heterocycles. The highest BCUT2D eigenvalue weighted by atomic mass is 16.5. The van der Waals surface area contributed by atoms with E-state index in [1.165, 1.54) is 0 Å². The minimum absolute atomic E-state index is 0.165. The summed E-state index contributed by atoms with van der Waals surface area (Å²) in [6.07, 6.45) is 0.372. The molecule has 2 saturated heterocycles. The van der Waals surface area contributed by atoms with Gasteiger partial charge in [-0.2, -0.15) is 0 Å². The number of nitrogens with zero attached hydrogens (tertiary/aromatic N) is 2. The van der Waals surface area contributed by atoms with Crippen molar-refractivity contribution in [3.8, 4) is 11.1 Å². The molecule has 2 aliphatic rings. The molecule has 0 bridgehead atoms. The lowest BCUT2D eigenvalue weighted by atomic mass is 9.99. The van der Waals surface area contributed by atoms with Crippen LogP contribution in [-0.4, -0.2) is 99.3 Å². The summed E-state index contributed by atoms with van der Waals surface area (Å²) in [5.41, 5.74) is 3.56. The van der Waals surface area contributed by atoms with Crippen molar-refractivity contribution in [2.24, 2.45) is 0 Å². The van der Waals surface area contributed by atoms with Gasteiger partial charge >= 0.3 is 0 Å². The molecule has 4 rings (SSSR count). The number of carbonyl (C=O) groups is 2. The van der Waals surface area contributed by atoms with Crippen molar-refractivity contribution in [2.75, 3.05) is 66.6 Å². The number of hydrogen-bond donors (Lipinski definition) is 0. The number of carbonyl (C=O) groups excluding carboxylic acids is 2. The van der Waals surface area contributed by atoms with Crippen LogP contribution in [0.1, 0.15) is 34.6 Å². The second-order valence-electron chi connectivity index (χ2n) is 10.7. The SMILES string of the molecule is CC1C[N+](C)(CC(=O)c2ccc(-c3ccc(C(=O)C[N+]4(C)CCOC(C)C4)cc3)cc2)CCO1. The number of hydrogen-bond acceptors (Lipinski definition) is 4. The number of ketones is 2. The van der Waals surface area contributed by atoms with Gasteiger partial charge in [-0.05, 0) is 25.0 Å². The Morgan fingerprint density at radius 1 is 0.706 bits per heavy atom. The fourth-order valence-corrected chi connectivity index (χ4v) is 5.34. The van der Waals surface area contributed by atoms with Crippen molar-refractivity contribution in [1.82, 2.24) is 0 Å². The van der Waals surface area contributed by atoms with Crippen LogP contribution in [0.25, 0.3) is 11.1 Å². The number of rotatable bonds is 7. The third-order valence-electron chi connectivity index (χ3n) is 7.26. The molecule has 0 aliphatic carbocycles. The standard InChI is InChI=1S/C28H38N2O4/c1-21-17-29(3,13-15-33-21)19-27(31)25-9-5-23(6-10-25)24-7-11-26(12-8-24)28(32)20-30(4)14-16-34-22(2)18-30/h5-12,21-22H,13-20H2,1-4H3/q+2. The number of benzene rings is 2. The molecule has 182 valence electrons. The summed E-state index contributed by atoms with van der Waals surface area (Å²) < 4.78 is 12.7. The highest BCUT2D eigenvalue weighted by molar-refractivity contribution is 5.98. The summed E-state index contributed by atoms with van der Waals surface area (Å²) in [6.45, 7) is 9.98. The van der Waals surface area contributed by atoms with Crippen LogP contribution in [-0.2, 0) is 9.47 Å². The van der Waals surface area contributed by atoms with Gasteiger partial charge < -0.3 is 18.4 Å². The maximum atomic E-state index is 12.9. The zero-order chi connectivity index (χ0) is 24.3. The molecule has 6 heteroatoms. The van der Waals surface area contributed by atoms with Gasteiger partial charge in [-0.15, -0.1) is 0 Å². The predicted octanol–water partition coefficient (Wildman–Crippen LogP) is 3.45. The predicted molar refractivity (Wildman–Crippen MR) is 133 cm³/mol. The lowest BCUT2D eigenvalue weighted by Gasteiger charge is -2.39. The molecule has 2 aromatic rings. The normalized spacial score (nSPS) is 29.5. The van der Waals surface area contributed by atoms with E-state index in [1.54, 1.807) is 0 Å². The Bertz CT molecular complexity index is 936. The fraction of sp³-hybridized carbons (Fsp3) is 0.500. The summed E-state index contributed by atoms with van der Waals surface area (Å²) in [4.78, 5) is 25.8. The molecule has 0 amide bonds. The van der Waals surface area contributed by atoms with Gasteiger partial charge in [0.15, 0.2) is 0 Å². The average molecular weight is 467 g/mol. The highest BCUT2D eigenvalue weighted by Gasteiger charge is 2.33. The topological polar surface area (TPSA) is 52.6 Å². The van der Waals surface area contributed by atoms with Gasteiger partial charge in [0.2, 0.25) is 11.6 Å². The van der Waals surface area contributed by atoms with E-state index in [1.807, 2.05) is 48.5 Å². The Labute approximate surface area is 203 Å². The van der Waals surface area contributed by atoms with Crippen LogP contribution >= 0.6 is 0 Å². The largest absolute Gasteiger partial charge is 0.367 e. The number of morpholine rings is 2. The Morgan fingerprint density at radius 3 is 1.38 bits per heavy atom. The van der Waals surface area contributed by atoms with Gasteiger partial charge in [0, 0.05) is 11.1 Å². The highest BCUT2D eigenvalue weighted by Crippen LogP contribution is 2.22. The van der Waals surface area contributed by atoms with Crippen LogP contribution in [0.5, 0.6) is 0 Å². The van der Waals surface area contributed by atoms with E-state index in [0.717, 1.165) is 57.4 Å². The van der Waals surface area contributed by atoms with E-state index in [9.17, 15) is 9.59 Å². The third kappa shape index (κ3) is 5.99. The number of ether oxygens (including phenoxy) is 2. The maximum absolute atomic E-state index is 12.9. The van der Waals surface area contributed by atoms with Crippen LogP contribution in [0.3, 0.4) is 0 Å². The number of likely N-dealkylation sites (N-methyl/N-ethyl adjacent to an activating group) is 2. The Hall–Kier alpha value is -2.38. The van der Waals surface area contributed by atoms with E-state index in [4.69, 9.17) is 9.47 Å². The molecule has 34 heavy (non-hydrogen) atoms. The molecule has 2 aliphatic heterocycles. The zero-order valence-electron chi connectivity index (χ0n) is 21.0. The van der Waals surface area contributed by atoms with Crippen molar-refractivity contribution in [3.63, 3.8) is 0 Å². The van der Waals surface area contributed by atoms with Gasteiger partial charge in [-0.1, -0.05) is 48.5 Å². The first kappa shape index (κ1) is 24.7. The van der Waals surface area contributed by atoms with Crippen molar-refractivity contribution in [1.29, 1.82) is 0 Å². The van der Waals surface area contributed by atoms with Crippen LogP contribution in [0.4, 0.5) is 0 Å². The lowest BCUT2D eigenvalue weighted by molar-refractivity contribution is -0.912. The molecule has 0 spiro atoms. The first-order valence-electron chi connectivity index (χ1n) is 12.3. The second kappa shape index (κ2) is 10.1. The van der Waals surface area contributed by atoms with Crippen LogP contribution < -0.4 is 0 Å². The van der Waals surface area contributed by atoms with E-state index >= 15 is 0 Å². The average Bonchev–Trinajstić information content (AvgIpc) is 2.78. The molecule has 0 radical (unpaired) electrons. The molecule has 0 N–H and O–H groups in total. The molecular formula is C28H38N2O4+2. The Balaban J connectivity index is 1.38. The monoisotopic (exact) mass is 466 g/mol. The van der Waals surface area contributed by atoms with E-state index in [2.05, 4.69) is 27.9 Å². The van der Waals surface area contributed by atoms with Crippen molar-refractivity contribution < 1.29 is 28.0 Å². The van der Waals surface area contributed by atoms with Gasteiger partial charge in [0.05, 0.1) is 27.3 Å². The Kier molecular flexibility index (Phi) is 7.33. The summed E-state index contributed by atoms with van der Waals surface area (Å²) in [7, 11) is 4.27. The fourth-order valence-electron chi connectivity index (χ4n) is 5.34. The molecule has 2 heterocycles. The second-order valence-corrected chi connectivity index (χ2v) is 10.7. The summed E-state index contributed by atoms with van der Waals surface area (Å²) in [5.74, 6) is 0.330. The van der Waals surface area contributed by atoms with Crippen LogP contribution in [0.15, 0.2) is 48.5 Å². The van der Waals surface area contributed by atoms with E-state index in [-0.39, 0.29) is 23.8 Å². The van der Waals surface area contributed by atoms with Crippen molar-refractivity contribution in [2.45, 2.75) is 26.1 Å². The molecule has 4 unspecified atom stereocenters. The number of quaternary nitrogens is 2. The smallest absolute Gasteiger partial charge is 0.216 e. The molecule has 6 nitrogen and oxygen atoms in total. The first-order chi connectivity index (χ1) is 16.1. The molecule has 0 saturated carbocycles. The quantitative estimate of drug-likeness (QED) is 0.463. The number of Topliss-reactive ketones (excluding diaryl/α,β-unsaturated/α-hetero) is 2. The van der Waals surface area contributed by atoms with E-state index < -0.39 is 0 Å². The van der Waals surface area contributed by atoms with Crippen molar-refractivity contribution in [3.05, 3.63) is 59.7 Å². The molecule has 4 atom stereocenters. The lowest BCUT2D eigenvalue weighted by Crippen LogP contribution is -2.56. The minimum Gasteiger partial charge on any atom is -0.367 e. The van der Waals surface area contributed by atoms with Gasteiger partial charge in [-0.3, -0.25) is 9.59 Å². The summed E-state index contributed by atoms with van der Waals surface area (Å²) >= 11 is 0. The minimum atomic E-state index is 0.165. The first-order valence-corrected chi connectivity index (χ1v) is 12.3. The molecular weight excluding hydrogens is 428 g/mol. The molecule has 2 fully saturated rings. The van der Waals surface area contributed by atoms with Gasteiger partial charge in [-0.25, -0.2) is 0 Å². The van der Waals surface area contributed by atoms with Gasteiger partial charge in [0.1, 0.15) is 51.5 Å². The molecule has 2 aromatic carbocycles. The summed E-state index contributed by atoms with van der Waals surface area (Å²) in [5, 5.41) is 0. The van der Waals surface area contributed by atoms with Crippen molar-refractivity contribution >= 4 is 11.6 Å². The zero-order valence-corrected chi connectivity index (χ0v) is 21.0. The van der Waals surface area contributed by atoms with Gasteiger partial charge in [0.25, 0.3) is 0 Å². The van der Waals surface area contributed by atoms with E-state index in [0.29, 0.717) is 26.3 Å². The van der Waals surface area contributed by atoms with Crippen LogP contribution in [0, 0.1) is 0 Å². The maximum Gasteiger partial charge on any atom is 0.216 e. The third-order valence-corrected chi connectivity index (χ3v) is 7.26. The van der Waals surface area contributed by atoms with Crippen LogP contribution in [0.2, 0.25) is 0 Å². The summed E-state index contributed by atoms with van der Waals surface area (Å²) in [6, 6.07) is 15.6. The Morgan fingerprint density at radius 2 is 1.06 bits per heavy atom.